The monoisotopic (exact) mass is 200 g/mol. The molecule has 1 aromatic heterocycles. The van der Waals surface area contributed by atoms with Gasteiger partial charge in [-0.15, -0.1) is 0 Å². The van der Waals surface area contributed by atoms with Crippen molar-refractivity contribution < 1.29 is 4.79 Å². The highest BCUT2D eigenvalue weighted by Gasteiger charge is 2.19. The normalized spacial score (nSPS) is 15.1. The summed E-state index contributed by atoms with van der Waals surface area (Å²) in [5, 5.41) is 4.01. The third kappa shape index (κ3) is 1.09. The van der Waals surface area contributed by atoms with E-state index in [1.54, 1.807) is 0 Å². The molecule has 3 rings (SSSR count). The number of benzene rings is 1. The van der Waals surface area contributed by atoms with Gasteiger partial charge in [-0.3, -0.25) is 4.79 Å². The Kier molecular flexibility index (Phi) is 1.63. The van der Waals surface area contributed by atoms with E-state index in [1.165, 1.54) is 11.1 Å². The first-order valence-corrected chi connectivity index (χ1v) is 5.14. The molecular weight excluding hydrogens is 188 g/mol. The highest BCUT2D eigenvalue weighted by atomic mass is 16.2. The van der Waals surface area contributed by atoms with Gasteiger partial charge in [-0.1, -0.05) is 18.2 Å². The second-order valence-electron chi connectivity index (χ2n) is 3.95. The van der Waals surface area contributed by atoms with Crippen LogP contribution in [-0.4, -0.2) is 17.0 Å². The molecule has 0 radical (unpaired) electrons. The fourth-order valence-electron chi connectivity index (χ4n) is 2.30. The smallest absolute Gasteiger partial charge is 0.268 e. The molecule has 0 fully saturated rings. The van der Waals surface area contributed by atoms with Crippen molar-refractivity contribution in [3.05, 3.63) is 35.5 Å². The number of fused-ring (bicyclic) bond motifs is 3. The fraction of sp³-hybridized carbons (Fsp3) is 0.250. The van der Waals surface area contributed by atoms with Gasteiger partial charge in [0.05, 0.1) is 5.52 Å². The summed E-state index contributed by atoms with van der Waals surface area (Å²) >= 11 is 0. The van der Waals surface area contributed by atoms with Crippen LogP contribution in [0.4, 0.5) is 0 Å². The molecule has 0 atom stereocenters. The molecule has 0 saturated carbocycles. The summed E-state index contributed by atoms with van der Waals surface area (Å²) in [6, 6.07) is 8.14. The summed E-state index contributed by atoms with van der Waals surface area (Å²) in [7, 11) is 0. The van der Waals surface area contributed by atoms with Crippen LogP contribution in [0.25, 0.3) is 10.9 Å². The number of para-hydroxylation sites is 1. The maximum absolute atomic E-state index is 11.6. The Hall–Kier alpha value is -1.77. The molecule has 2 aromatic rings. The molecule has 1 aliphatic rings. The van der Waals surface area contributed by atoms with E-state index in [1.807, 2.05) is 12.1 Å². The van der Waals surface area contributed by atoms with Gasteiger partial charge in [0.1, 0.15) is 5.69 Å². The lowest BCUT2D eigenvalue weighted by atomic mass is 10.2. The van der Waals surface area contributed by atoms with Crippen molar-refractivity contribution in [1.82, 2.24) is 9.88 Å². The third-order valence-corrected chi connectivity index (χ3v) is 2.98. The van der Waals surface area contributed by atoms with Crippen LogP contribution in [-0.2, 0) is 6.54 Å². The minimum atomic E-state index is 0.0388. The van der Waals surface area contributed by atoms with E-state index in [2.05, 4.69) is 28.9 Å². The number of aryl methyl sites for hydroxylation is 1. The SMILES string of the molecule is Cc1cccc2cc3n(c12)CCNC3=O. The van der Waals surface area contributed by atoms with Crippen LogP contribution in [0.3, 0.4) is 0 Å². The van der Waals surface area contributed by atoms with Crippen LogP contribution in [0.1, 0.15) is 16.1 Å². The molecule has 0 bridgehead atoms. The Bertz CT molecular complexity index is 554. The summed E-state index contributed by atoms with van der Waals surface area (Å²) in [6.07, 6.45) is 0. The van der Waals surface area contributed by atoms with E-state index in [4.69, 9.17) is 0 Å². The number of carbonyl (C=O) groups excluding carboxylic acids is 1. The summed E-state index contributed by atoms with van der Waals surface area (Å²) < 4.78 is 2.11. The van der Waals surface area contributed by atoms with Crippen molar-refractivity contribution in [3.63, 3.8) is 0 Å². The van der Waals surface area contributed by atoms with E-state index in [0.717, 1.165) is 24.2 Å². The van der Waals surface area contributed by atoms with Gasteiger partial charge in [-0.2, -0.15) is 0 Å². The molecule has 0 saturated heterocycles. The number of aromatic nitrogens is 1. The summed E-state index contributed by atoms with van der Waals surface area (Å²) in [6.45, 7) is 3.68. The minimum Gasteiger partial charge on any atom is -0.349 e. The van der Waals surface area contributed by atoms with Gasteiger partial charge in [-0.25, -0.2) is 0 Å². The number of hydrogen-bond acceptors (Lipinski definition) is 1. The zero-order chi connectivity index (χ0) is 10.4. The summed E-state index contributed by atoms with van der Waals surface area (Å²) in [5.41, 5.74) is 3.21. The van der Waals surface area contributed by atoms with Crippen molar-refractivity contribution in [2.45, 2.75) is 13.5 Å². The van der Waals surface area contributed by atoms with Crippen molar-refractivity contribution in [2.75, 3.05) is 6.54 Å². The minimum absolute atomic E-state index is 0.0388. The van der Waals surface area contributed by atoms with Crippen LogP contribution in [0.15, 0.2) is 24.3 Å². The quantitative estimate of drug-likeness (QED) is 0.690. The predicted octanol–water partition coefficient (Wildman–Crippen LogP) is 1.69. The van der Waals surface area contributed by atoms with E-state index in [-0.39, 0.29) is 5.91 Å². The van der Waals surface area contributed by atoms with Crippen LogP contribution in [0, 0.1) is 6.92 Å². The van der Waals surface area contributed by atoms with Crippen LogP contribution in [0.5, 0.6) is 0 Å². The van der Waals surface area contributed by atoms with Crippen molar-refractivity contribution in [2.24, 2.45) is 0 Å². The Morgan fingerprint density at radius 2 is 2.27 bits per heavy atom. The molecule has 0 spiro atoms. The molecule has 76 valence electrons. The maximum Gasteiger partial charge on any atom is 0.268 e. The molecule has 1 amide bonds. The molecule has 0 unspecified atom stereocenters. The van der Waals surface area contributed by atoms with Gasteiger partial charge < -0.3 is 9.88 Å². The molecular formula is C12H12N2O. The predicted molar refractivity (Wildman–Crippen MR) is 59.0 cm³/mol. The number of rotatable bonds is 0. The van der Waals surface area contributed by atoms with Crippen molar-refractivity contribution >= 4 is 16.8 Å². The average Bonchev–Trinajstić information content (AvgIpc) is 2.59. The average molecular weight is 200 g/mol. The first kappa shape index (κ1) is 8.53. The molecule has 1 aromatic carbocycles. The maximum atomic E-state index is 11.6. The molecule has 3 heteroatoms. The highest BCUT2D eigenvalue weighted by molar-refractivity contribution is 6.00. The Morgan fingerprint density at radius 3 is 3.13 bits per heavy atom. The summed E-state index contributed by atoms with van der Waals surface area (Å²) in [5.74, 6) is 0.0388. The van der Waals surface area contributed by atoms with Gasteiger partial charge in [0.15, 0.2) is 0 Å². The highest BCUT2D eigenvalue weighted by Crippen LogP contribution is 2.24. The van der Waals surface area contributed by atoms with Crippen LogP contribution < -0.4 is 5.32 Å². The van der Waals surface area contributed by atoms with Gasteiger partial charge in [0.25, 0.3) is 5.91 Å². The Morgan fingerprint density at radius 1 is 1.40 bits per heavy atom. The number of amides is 1. The van der Waals surface area contributed by atoms with Gasteiger partial charge >= 0.3 is 0 Å². The topological polar surface area (TPSA) is 34.0 Å². The summed E-state index contributed by atoms with van der Waals surface area (Å²) in [4.78, 5) is 11.6. The van der Waals surface area contributed by atoms with Crippen LogP contribution in [0.2, 0.25) is 0 Å². The second kappa shape index (κ2) is 2.86. The van der Waals surface area contributed by atoms with Crippen LogP contribution >= 0.6 is 0 Å². The largest absolute Gasteiger partial charge is 0.349 e. The lowest BCUT2D eigenvalue weighted by Gasteiger charge is -2.17. The molecule has 0 aliphatic carbocycles. The lowest BCUT2D eigenvalue weighted by Crippen LogP contribution is -2.34. The number of nitrogens with zero attached hydrogens (tertiary/aromatic N) is 1. The van der Waals surface area contributed by atoms with E-state index in [0.29, 0.717) is 0 Å². The van der Waals surface area contributed by atoms with Crippen molar-refractivity contribution in [3.8, 4) is 0 Å². The standard InChI is InChI=1S/C12H12N2O/c1-8-3-2-4-9-7-10-12(15)13-5-6-14(10)11(8)9/h2-4,7H,5-6H2,1H3,(H,13,15). The van der Waals surface area contributed by atoms with Gasteiger partial charge in [0.2, 0.25) is 0 Å². The second-order valence-corrected chi connectivity index (χ2v) is 3.95. The van der Waals surface area contributed by atoms with E-state index < -0.39 is 0 Å². The zero-order valence-corrected chi connectivity index (χ0v) is 8.58. The van der Waals surface area contributed by atoms with Crippen molar-refractivity contribution in [1.29, 1.82) is 0 Å². The first-order chi connectivity index (χ1) is 7.27. The lowest BCUT2D eigenvalue weighted by molar-refractivity contribution is 0.0929. The van der Waals surface area contributed by atoms with Gasteiger partial charge in [-0.05, 0) is 18.6 Å². The Labute approximate surface area is 87.7 Å². The number of nitrogens with one attached hydrogen (secondary N) is 1. The zero-order valence-electron chi connectivity index (χ0n) is 8.58. The fourth-order valence-corrected chi connectivity index (χ4v) is 2.30. The number of carbonyl (C=O) groups is 1. The molecule has 3 nitrogen and oxygen atoms in total. The van der Waals surface area contributed by atoms with E-state index >= 15 is 0 Å². The van der Waals surface area contributed by atoms with Gasteiger partial charge in [0, 0.05) is 18.5 Å². The third-order valence-electron chi connectivity index (χ3n) is 2.98. The molecule has 15 heavy (non-hydrogen) atoms. The van der Waals surface area contributed by atoms with E-state index in [9.17, 15) is 4.79 Å². The molecule has 1 N–H and O–H groups in total. The number of hydrogen-bond donors (Lipinski definition) is 1. The first-order valence-electron chi connectivity index (χ1n) is 5.14. The molecule has 1 aliphatic heterocycles. The molecule has 2 heterocycles. The Balaban J connectivity index is 2.41.